The van der Waals surface area contributed by atoms with Gasteiger partial charge in [0.2, 0.25) is 5.56 Å². The summed E-state index contributed by atoms with van der Waals surface area (Å²) in [6, 6.07) is 11.0. The van der Waals surface area contributed by atoms with Crippen molar-refractivity contribution in [1.82, 2.24) is 4.98 Å². The van der Waals surface area contributed by atoms with Crippen molar-refractivity contribution < 1.29 is 0 Å². The van der Waals surface area contributed by atoms with Crippen LogP contribution in [-0.2, 0) is 0 Å². The first kappa shape index (κ1) is 9.86. The van der Waals surface area contributed by atoms with Gasteiger partial charge in [0.05, 0.1) is 0 Å². The van der Waals surface area contributed by atoms with E-state index in [2.05, 4.69) is 4.98 Å². The Hall–Kier alpha value is -1.68. The van der Waals surface area contributed by atoms with Gasteiger partial charge in [-0.2, -0.15) is 0 Å². The lowest BCUT2D eigenvalue weighted by molar-refractivity contribution is 1.18. The number of nitrogens with one attached hydrogen (secondary N) is 1. The molecule has 0 fully saturated rings. The Labute approximate surface area is 91.3 Å². The van der Waals surface area contributed by atoms with Gasteiger partial charge in [-0.15, -0.1) is 0 Å². The molecule has 0 unspecified atom stereocenters. The molecule has 2 rings (SSSR count). The topological polar surface area (TPSA) is 58.9 Å². The molecule has 0 radical (unpaired) electrons. The fourth-order valence-corrected chi connectivity index (χ4v) is 2.01. The predicted molar refractivity (Wildman–Crippen MR) is 62.0 cm³/mol. The molecule has 0 saturated heterocycles. The van der Waals surface area contributed by atoms with Crippen LogP contribution in [0, 0.1) is 0 Å². The van der Waals surface area contributed by atoms with Crippen molar-refractivity contribution in [2.75, 3.05) is 5.73 Å². The highest BCUT2D eigenvalue weighted by Gasteiger charge is 1.97. The highest BCUT2D eigenvalue weighted by Crippen LogP contribution is 2.26. The average Bonchev–Trinajstić information content (AvgIpc) is 2.22. The SMILES string of the molecule is Nc1ccc(Sc2cc[nH]c(=O)c2)cc1. The van der Waals surface area contributed by atoms with Gasteiger partial charge in [-0.05, 0) is 30.3 Å². The van der Waals surface area contributed by atoms with Crippen LogP contribution in [0.2, 0.25) is 0 Å². The minimum atomic E-state index is -0.0876. The highest BCUT2D eigenvalue weighted by molar-refractivity contribution is 7.99. The Morgan fingerprint density at radius 1 is 1.07 bits per heavy atom. The van der Waals surface area contributed by atoms with E-state index in [4.69, 9.17) is 5.73 Å². The smallest absolute Gasteiger partial charge is 0.249 e. The summed E-state index contributed by atoms with van der Waals surface area (Å²) in [6.07, 6.45) is 1.64. The number of H-pyrrole nitrogens is 1. The molecule has 4 heteroatoms. The molecular weight excluding hydrogens is 208 g/mol. The molecular formula is C11H10N2OS. The van der Waals surface area contributed by atoms with Crippen LogP contribution in [0.5, 0.6) is 0 Å². The Kier molecular flexibility index (Phi) is 2.78. The fraction of sp³-hybridized carbons (Fsp3) is 0. The predicted octanol–water partition coefficient (Wildman–Crippen LogP) is 2.11. The summed E-state index contributed by atoms with van der Waals surface area (Å²) < 4.78 is 0. The summed E-state index contributed by atoms with van der Waals surface area (Å²) in [7, 11) is 0. The monoisotopic (exact) mass is 218 g/mol. The van der Waals surface area contributed by atoms with Gasteiger partial charge >= 0.3 is 0 Å². The normalized spacial score (nSPS) is 10.1. The molecule has 1 heterocycles. The summed E-state index contributed by atoms with van der Waals surface area (Å²) in [5.74, 6) is 0. The Morgan fingerprint density at radius 2 is 1.80 bits per heavy atom. The van der Waals surface area contributed by atoms with Gasteiger partial charge in [-0.1, -0.05) is 11.8 Å². The van der Waals surface area contributed by atoms with Crippen LogP contribution in [0.4, 0.5) is 5.69 Å². The van der Waals surface area contributed by atoms with E-state index in [1.165, 1.54) is 11.8 Å². The number of rotatable bonds is 2. The summed E-state index contributed by atoms with van der Waals surface area (Å²) in [4.78, 5) is 15.6. The summed E-state index contributed by atoms with van der Waals surface area (Å²) >= 11 is 1.53. The summed E-state index contributed by atoms with van der Waals surface area (Å²) in [5.41, 5.74) is 6.23. The van der Waals surface area contributed by atoms with Crippen molar-refractivity contribution in [2.45, 2.75) is 9.79 Å². The van der Waals surface area contributed by atoms with Crippen molar-refractivity contribution in [1.29, 1.82) is 0 Å². The minimum Gasteiger partial charge on any atom is -0.399 e. The van der Waals surface area contributed by atoms with Crippen molar-refractivity contribution >= 4 is 17.4 Å². The van der Waals surface area contributed by atoms with Gasteiger partial charge in [0.1, 0.15) is 0 Å². The first-order chi connectivity index (χ1) is 7.24. The largest absolute Gasteiger partial charge is 0.399 e. The number of hydrogen-bond donors (Lipinski definition) is 2. The zero-order valence-electron chi connectivity index (χ0n) is 7.94. The molecule has 2 aromatic rings. The standard InChI is InChI=1S/C11H10N2OS/c12-8-1-3-9(4-2-8)15-10-5-6-13-11(14)7-10/h1-7H,12H2,(H,13,14). The lowest BCUT2D eigenvalue weighted by Crippen LogP contribution is -2.01. The van der Waals surface area contributed by atoms with E-state index in [0.717, 1.165) is 15.5 Å². The van der Waals surface area contributed by atoms with Gasteiger partial charge in [0.25, 0.3) is 0 Å². The first-order valence-electron chi connectivity index (χ1n) is 4.46. The zero-order chi connectivity index (χ0) is 10.7. The molecule has 0 amide bonds. The molecule has 0 aliphatic heterocycles. The first-order valence-corrected chi connectivity index (χ1v) is 5.28. The molecule has 0 saturated carbocycles. The molecule has 1 aromatic heterocycles. The van der Waals surface area contributed by atoms with E-state index >= 15 is 0 Å². The quantitative estimate of drug-likeness (QED) is 0.759. The molecule has 0 atom stereocenters. The molecule has 0 spiro atoms. The van der Waals surface area contributed by atoms with Gasteiger partial charge < -0.3 is 10.7 Å². The maximum atomic E-state index is 11.0. The Balaban J connectivity index is 2.22. The van der Waals surface area contributed by atoms with E-state index in [9.17, 15) is 4.79 Å². The van der Waals surface area contributed by atoms with E-state index < -0.39 is 0 Å². The third-order valence-corrected chi connectivity index (χ3v) is 2.86. The van der Waals surface area contributed by atoms with Crippen molar-refractivity contribution in [3.63, 3.8) is 0 Å². The van der Waals surface area contributed by atoms with E-state index in [1.54, 1.807) is 12.3 Å². The molecule has 0 aliphatic rings. The van der Waals surface area contributed by atoms with Crippen molar-refractivity contribution in [3.05, 3.63) is 52.9 Å². The average molecular weight is 218 g/mol. The van der Waals surface area contributed by atoms with Crippen LogP contribution >= 0.6 is 11.8 Å². The molecule has 1 aromatic carbocycles. The third kappa shape index (κ3) is 2.63. The number of nitrogen functional groups attached to an aromatic ring is 1. The van der Waals surface area contributed by atoms with E-state index in [-0.39, 0.29) is 5.56 Å². The maximum Gasteiger partial charge on any atom is 0.249 e. The Bertz CT molecular complexity index is 504. The lowest BCUT2D eigenvalue weighted by atomic mass is 10.3. The van der Waals surface area contributed by atoms with Crippen LogP contribution in [-0.4, -0.2) is 4.98 Å². The van der Waals surface area contributed by atoms with Crippen LogP contribution in [0.3, 0.4) is 0 Å². The molecule has 0 aliphatic carbocycles. The molecule has 3 nitrogen and oxygen atoms in total. The van der Waals surface area contributed by atoms with Crippen LogP contribution in [0.25, 0.3) is 0 Å². The number of nitrogens with two attached hydrogens (primary N) is 1. The second-order valence-electron chi connectivity index (χ2n) is 3.06. The Morgan fingerprint density at radius 3 is 2.47 bits per heavy atom. The van der Waals surface area contributed by atoms with Gasteiger partial charge in [-0.25, -0.2) is 0 Å². The minimum absolute atomic E-state index is 0.0876. The third-order valence-electron chi connectivity index (χ3n) is 1.86. The van der Waals surface area contributed by atoms with Gasteiger partial charge in [-0.3, -0.25) is 4.79 Å². The maximum absolute atomic E-state index is 11.0. The number of aromatic amines is 1. The zero-order valence-corrected chi connectivity index (χ0v) is 8.75. The van der Waals surface area contributed by atoms with Gasteiger partial charge in [0.15, 0.2) is 0 Å². The molecule has 76 valence electrons. The number of hydrogen-bond acceptors (Lipinski definition) is 3. The second-order valence-corrected chi connectivity index (χ2v) is 4.21. The number of aromatic nitrogens is 1. The van der Waals surface area contributed by atoms with E-state index in [0.29, 0.717) is 0 Å². The number of pyridine rings is 1. The number of anilines is 1. The van der Waals surface area contributed by atoms with Crippen LogP contribution in [0.15, 0.2) is 57.2 Å². The summed E-state index contributed by atoms with van der Waals surface area (Å²) in [5, 5.41) is 0. The lowest BCUT2D eigenvalue weighted by Gasteiger charge is -2.00. The van der Waals surface area contributed by atoms with Crippen LogP contribution < -0.4 is 11.3 Å². The van der Waals surface area contributed by atoms with Crippen molar-refractivity contribution in [3.8, 4) is 0 Å². The van der Waals surface area contributed by atoms with Crippen molar-refractivity contribution in [2.24, 2.45) is 0 Å². The second kappa shape index (κ2) is 4.23. The molecule has 0 bridgehead atoms. The highest BCUT2D eigenvalue weighted by atomic mass is 32.2. The van der Waals surface area contributed by atoms with Gasteiger partial charge in [0, 0.05) is 27.7 Å². The summed E-state index contributed by atoms with van der Waals surface area (Å²) in [6.45, 7) is 0. The fourth-order valence-electron chi connectivity index (χ4n) is 1.16. The van der Waals surface area contributed by atoms with Crippen LogP contribution in [0.1, 0.15) is 0 Å². The number of benzene rings is 1. The molecule has 3 N–H and O–H groups in total. The molecule has 15 heavy (non-hydrogen) atoms. The van der Waals surface area contributed by atoms with E-state index in [1.807, 2.05) is 30.3 Å².